The van der Waals surface area contributed by atoms with Crippen LogP contribution in [0.3, 0.4) is 0 Å². The monoisotopic (exact) mass is 254 g/mol. The van der Waals surface area contributed by atoms with Gasteiger partial charge < -0.3 is 19.7 Å². The minimum Gasteiger partial charge on any atom is -0.481 e. The molecule has 2 unspecified atom stereocenters. The minimum atomic E-state index is -1.37. The van der Waals surface area contributed by atoms with Crippen LogP contribution in [-0.4, -0.2) is 46.6 Å². The first-order chi connectivity index (χ1) is 8.56. The Morgan fingerprint density at radius 3 is 1.28 bits per heavy atom. The van der Waals surface area contributed by atoms with Crippen LogP contribution in [0.1, 0.15) is 25.7 Å². The summed E-state index contributed by atoms with van der Waals surface area (Å²) in [6, 6.07) is 0. The summed E-state index contributed by atoms with van der Waals surface area (Å²) in [5, 5.41) is 19.4. The number of carboxylic acid groups (broad SMARTS) is 2. The second-order valence-electron chi connectivity index (χ2n) is 5.73. The molecule has 4 rings (SSSR count). The highest BCUT2D eigenvalue weighted by molar-refractivity contribution is 5.91. The Hall–Kier alpha value is -1.14. The van der Waals surface area contributed by atoms with Gasteiger partial charge in [-0.05, 0) is 25.7 Å². The largest absolute Gasteiger partial charge is 0.481 e. The Labute approximate surface area is 103 Å². The molecule has 4 fully saturated rings. The minimum absolute atomic E-state index is 0.508. The van der Waals surface area contributed by atoms with Gasteiger partial charge in [0.1, 0.15) is 10.8 Å². The number of hydrogen-bond acceptors (Lipinski definition) is 4. The molecule has 6 atom stereocenters. The van der Waals surface area contributed by atoms with Gasteiger partial charge in [-0.15, -0.1) is 0 Å². The van der Waals surface area contributed by atoms with Gasteiger partial charge in [0.2, 0.25) is 0 Å². The molecule has 4 aliphatic heterocycles. The fourth-order valence-electron chi connectivity index (χ4n) is 5.00. The zero-order valence-corrected chi connectivity index (χ0v) is 9.67. The molecule has 0 aromatic carbocycles. The Morgan fingerprint density at radius 1 is 0.778 bits per heavy atom. The third-order valence-electron chi connectivity index (χ3n) is 5.46. The summed E-state index contributed by atoms with van der Waals surface area (Å²) in [5.41, 5.74) is -2.74. The Bertz CT molecular complexity index is 395. The zero-order valence-electron chi connectivity index (χ0n) is 9.67. The molecule has 4 bridgehead atoms. The summed E-state index contributed by atoms with van der Waals surface area (Å²) in [4.78, 5) is 23.7. The van der Waals surface area contributed by atoms with E-state index in [1.165, 1.54) is 0 Å². The maximum atomic E-state index is 11.9. The summed E-state index contributed by atoms with van der Waals surface area (Å²) < 4.78 is 11.4. The molecule has 98 valence electrons. The number of aliphatic carboxylic acids is 2. The van der Waals surface area contributed by atoms with Gasteiger partial charge in [-0.3, -0.25) is 9.59 Å². The highest BCUT2D eigenvalue weighted by Gasteiger charge is 2.86. The molecular formula is C12H14O6. The fraction of sp³-hybridized carbons (Fsp3) is 0.833. The van der Waals surface area contributed by atoms with E-state index < -0.39 is 47.2 Å². The standard InChI is InChI=1S/C12H14O6/c13-9(14)11-5-1-2-6(17-5)12(11,10(15)16)8-4-3-7(11)18-8/h5-8H,1-4H2,(H,13,14)(H,15,16)/t5-,6-,7-,8+,11?,12?/m0/s1. The number of rotatable bonds is 2. The lowest BCUT2D eigenvalue weighted by Crippen LogP contribution is -2.64. The maximum Gasteiger partial charge on any atom is 0.316 e. The second kappa shape index (κ2) is 2.88. The van der Waals surface area contributed by atoms with E-state index in [1.807, 2.05) is 0 Å². The Balaban J connectivity index is 2.00. The van der Waals surface area contributed by atoms with Crippen LogP contribution in [0.15, 0.2) is 0 Å². The molecule has 18 heavy (non-hydrogen) atoms. The van der Waals surface area contributed by atoms with Crippen LogP contribution in [0.25, 0.3) is 0 Å². The van der Waals surface area contributed by atoms with E-state index in [0.29, 0.717) is 25.7 Å². The number of ether oxygens (including phenoxy) is 2. The van der Waals surface area contributed by atoms with Crippen molar-refractivity contribution in [2.75, 3.05) is 0 Å². The number of hydrogen-bond donors (Lipinski definition) is 2. The molecule has 4 aliphatic rings. The lowest BCUT2D eigenvalue weighted by molar-refractivity contribution is -0.176. The first-order valence-electron chi connectivity index (χ1n) is 6.34. The third-order valence-corrected chi connectivity index (χ3v) is 5.46. The van der Waals surface area contributed by atoms with Crippen molar-refractivity contribution < 1.29 is 29.3 Å². The van der Waals surface area contributed by atoms with Gasteiger partial charge in [0, 0.05) is 0 Å². The molecule has 4 saturated heterocycles. The third kappa shape index (κ3) is 0.746. The van der Waals surface area contributed by atoms with Crippen LogP contribution >= 0.6 is 0 Å². The van der Waals surface area contributed by atoms with Crippen molar-refractivity contribution in [3.8, 4) is 0 Å². The predicted molar refractivity (Wildman–Crippen MR) is 55.9 cm³/mol. The number of carbonyl (C=O) groups is 2. The predicted octanol–water partition coefficient (Wildman–Crippen LogP) is 0.251. The van der Waals surface area contributed by atoms with E-state index >= 15 is 0 Å². The number of carboxylic acids is 2. The van der Waals surface area contributed by atoms with Crippen molar-refractivity contribution in [1.82, 2.24) is 0 Å². The van der Waals surface area contributed by atoms with E-state index in [2.05, 4.69) is 0 Å². The molecule has 0 radical (unpaired) electrons. The highest BCUT2D eigenvalue weighted by atomic mass is 16.6. The van der Waals surface area contributed by atoms with E-state index in [-0.39, 0.29) is 0 Å². The van der Waals surface area contributed by atoms with Crippen LogP contribution in [0, 0.1) is 10.8 Å². The molecule has 0 aliphatic carbocycles. The molecule has 2 N–H and O–H groups in total. The number of fused-ring (bicyclic) bond motifs is 9. The Kier molecular flexibility index (Phi) is 1.72. The van der Waals surface area contributed by atoms with Crippen molar-refractivity contribution in [1.29, 1.82) is 0 Å². The van der Waals surface area contributed by atoms with E-state index in [0.717, 1.165) is 0 Å². The van der Waals surface area contributed by atoms with Gasteiger partial charge in [0.05, 0.1) is 24.4 Å². The molecule has 0 aromatic heterocycles. The summed E-state index contributed by atoms with van der Waals surface area (Å²) in [5.74, 6) is -2.13. The van der Waals surface area contributed by atoms with Gasteiger partial charge in [-0.1, -0.05) is 0 Å². The maximum absolute atomic E-state index is 11.9. The normalized spacial score (nSPS) is 55.8. The van der Waals surface area contributed by atoms with Gasteiger partial charge in [0.25, 0.3) is 0 Å². The molecule has 0 amide bonds. The molecule has 4 heterocycles. The first kappa shape index (κ1) is 10.8. The van der Waals surface area contributed by atoms with Crippen molar-refractivity contribution in [3.63, 3.8) is 0 Å². The van der Waals surface area contributed by atoms with Crippen molar-refractivity contribution in [2.24, 2.45) is 10.8 Å². The van der Waals surface area contributed by atoms with Gasteiger partial charge in [-0.2, -0.15) is 0 Å². The summed E-state index contributed by atoms with van der Waals surface area (Å²) in [6.45, 7) is 0. The van der Waals surface area contributed by atoms with E-state index in [4.69, 9.17) is 9.47 Å². The second-order valence-corrected chi connectivity index (χ2v) is 5.73. The van der Waals surface area contributed by atoms with Crippen LogP contribution in [0.5, 0.6) is 0 Å². The molecule has 6 heteroatoms. The Morgan fingerprint density at radius 2 is 1.06 bits per heavy atom. The van der Waals surface area contributed by atoms with Crippen LogP contribution < -0.4 is 0 Å². The highest BCUT2D eigenvalue weighted by Crippen LogP contribution is 2.71. The molecule has 0 saturated carbocycles. The average Bonchev–Trinajstić information content (AvgIpc) is 3.05. The lowest BCUT2D eigenvalue weighted by atomic mass is 9.50. The smallest absolute Gasteiger partial charge is 0.316 e. The summed E-state index contributed by atoms with van der Waals surface area (Å²) in [7, 11) is 0. The van der Waals surface area contributed by atoms with Crippen LogP contribution in [0.2, 0.25) is 0 Å². The molecule has 0 aromatic rings. The SMILES string of the molecule is O=C(O)C12[C@@H]3CC[C@H](O3)C1(C(=O)O)[C@H]1CC[C@@H]2O1. The van der Waals surface area contributed by atoms with E-state index in [9.17, 15) is 19.8 Å². The average molecular weight is 254 g/mol. The van der Waals surface area contributed by atoms with Gasteiger partial charge >= 0.3 is 11.9 Å². The van der Waals surface area contributed by atoms with Crippen molar-refractivity contribution >= 4 is 11.9 Å². The summed E-state index contributed by atoms with van der Waals surface area (Å²) >= 11 is 0. The fourth-order valence-corrected chi connectivity index (χ4v) is 5.00. The zero-order chi connectivity index (χ0) is 12.7. The van der Waals surface area contributed by atoms with E-state index in [1.54, 1.807) is 0 Å². The molecule has 0 spiro atoms. The topological polar surface area (TPSA) is 93.1 Å². The van der Waals surface area contributed by atoms with Gasteiger partial charge in [-0.25, -0.2) is 0 Å². The lowest BCUT2D eigenvalue weighted by Gasteiger charge is -2.45. The molecular weight excluding hydrogens is 240 g/mol. The quantitative estimate of drug-likeness (QED) is 0.733. The van der Waals surface area contributed by atoms with Crippen molar-refractivity contribution in [3.05, 3.63) is 0 Å². The van der Waals surface area contributed by atoms with Crippen molar-refractivity contribution in [2.45, 2.75) is 50.1 Å². The first-order valence-corrected chi connectivity index (χ1v) is 6.34. The van der Waals surface area contributed by atoms with Crippen LogP contribution in [-0.2, 0) is 19.1 Å². The van der Waals surface area contributed by atoms with Crippen LogP contribution in [0.4, 0.5) is 0 Å². The summed E-state index contributed by atoms with van der Waals surface area (Å²) in [6.07, 6.45) is 0.462. The van der Waals surface area contributed by atoms with Gasteiger partial charge in [0.15, 0.2) is 0 Å². The molecule has 6 nitrogen and oxygen atoms in total.